The Morgan fingerprint density at radius 2 is 1.68 bits per heavy atom. The van der Waals surface area contributed by atoms with E-state index in [0.29, 0.717) is 18.8 Å². The molecule has 2 aromatic carbocycles. The van der Waals surface area contributed by atoms with Crippen molar-refractivity contribution in [3.05, 3.63) is 54.1 Å². The van der Waals surface area contributed by atoms with E-state index in [4.69, 9.17) is 14.2 Å². The molecule has 0 unspecified atom stereocenters. The molecular formula is C22H27NO5. The first-order chi connectivity index (χ1) is 13.5. The fourth-order valence-electron chi connectivity index (χ4n) is 2.60. The first kappa shape index (κ1) is 21.3. The monoisotopic (exact) mass is 385 g/mol. The third-order valence-electron chi connectivity index (χ3n) is 4.07. The maximum absolute atomic E-state index is 12.0. The lowest BCUT2D eigenvalue weighted by Crippen LogP contribution is -2.21. The van der Waals surface area contributed by atoms with Crippen LogP contribution < -0.4 is 14.8 Å². The highest BCUT2D eigenvalue weighted by Gasteiger charge is 2.11. The summed E-state index contributed by atoms with van der Waals surface area (Å²) in [5.41, 5.74) is 1.78. The van der Waals surface area contributed by atoms with E-state index in [9.17, 15) is 9.59 Å². The molecule has 1 N–H and O–H groups in total. The number of carbonyl (C=O) groups is 2. The molecule has 0 heterocycles. The highest BCUT2D eigenvalue weighted by Crippen LogP contribution is 2.23. The molecule has 0 radical (unpaired) electrons. The second-order valence-electron chi connectivity index (χ2n) is 6.58. The molecule has 0 bridgehead atoms. The van der Waals surface area contributed by atoms with Gasteiger partial charge in [-0.25, -0.2) is 0 Å². The maximum Gasteiger partial charge on any atom is 0.306 e. The molecule has 0 aliphatic heterocycles. The average molecular weight is 385 g/mol. The number of anilines is 1. The summed E-state index contributed by atoms with van der Waals surface area (Å²) in [4.78, 5) is 23.8. The largest absolute Gasteiger partial charge is 0.497 e. The van der Waals surface area contributed by atoms with Crippen LogP contribution >= 0.6 is 0 Å². The normalized spacial score (nSPS) is 10.4. The van der Waals surface area contributed by atoms with E-state index in [0.717, 1.165) is 17.0 Å². The molecule has 0 aliphatic carbocycles. The van der Waals surface area contributed by atoms with Gasteiger partial charge in [0.1, 0.15) is 11.5 Å². The van der Waals surface area contributed by atoms with Gasteiger partial charge in [0.05, 0.1) is 13.7 Å². The van der Waals surface area contributed by atoms with E-state index in [1.54, 1.807) is 31.4 Å². The fourth-order valence-corrected chi connectivity index (χ4v) is 2.60. The molecule has 0 aliphatic rings. The Hall–Kier alpha value is -3.02. The van der Waals surface area contributed by atoms with Crippen molar-refractivity contribution < 1.29 is 23.8 Å². The van der Waals surface area contributed by atoms with Crippen LogP contribution in [0.2, 0.25) is 0 Å². The number of methoxy groups -OCH3 is 1. The van der Waals surface area contributed by atoms with E-state index in [2.05, 4.69) is 19.2 Å². The summed E-state index contributed by atoms with van der Waals surface area (Å²) in [6, 6.07) is 14.8. The highest BCUT2D eigenvalue weighted by atomic mass is 16.5. The topological polar surface area (TPSA) is 73.9 Å². The molecule has 1 amide bonds. The van der Waals surface area contributed by atoms with E-state index >= 15 is 0 Å². The third-order valence-corrected chi connectivity index (χ3v) is 4.07. The summed E-state index contributed by atoms with van der Waals surface area (Å²) in [6.45, 7) is 4.19. The second-order valence-corrected chi connectivity index (χ2v) is 6.58. The summed E-state index contributed by atoms with van der Waals surface area (Å²) in [5, 5.41) is 2.79. The highest BCUT2D eigenvalue weighted by molar-refractivity contribution is 5.93. The number of rotatable bonds is 10. The second kappa shape index (κ2) is 11.0. The number of benzene rings is 2. The predicted octanol–water partition coefficient (Wildman–Crippen LogP) is 4.16. The van der Waals surface area contributed by atoms with Crippen LogP contribution in [0.15, 0.2) is 48.5 Å². The van der Waals surface area contributed by atoms with Gasteiger partial charge in [0.15, 0.2) is 6.61 Å². The molecule has 2 aromatic rings. The lowest BCUT2D eigenvalue weighted by molar-refractivity contribution is -0.147. The van der Waals surface area contributed by atoms with Crippen LogP contribution in [0.25, 0.3) is 0 Å². The Kier molecular flexibility index (Phi) is 8.34. The molecular weight excluding hydrogens is 358 g/mol. The molecule has 0 atom stereocenters. The maximum atomic E-state index is 12.0. The lowest BCUT2D eigenvalue weighted by Gasteiger charge is -2.13. The van der Waals surface area contributed by atoms with Gasteiger partial charge in [-0.05, 0) is 48.2 Å². The number of carbonyl (C=O) groups excluding carboxylic acids is 2. The zero-order valence-electron chi connectivity index (χ0n) is 16.6. The zero-order valence-corrected chi connectivity index (χ0v) is 16.6. The molecule has 0 aromatic heterocycles. The van der Waals surface area contributed by atoms with Gasteiger partial charge in [0.2, 0.25) is 0 Å². The van der Waals surface area contributed by atoms with Crippen molar-refractivity contribution in [2.45, 2.75) is 32.6 Å². The minimum absolute atomic E-state index is 0.187. The van der Waals surface area contributed by atoms with Gasteiger partial charge >= 0.3 is 5.97 Å². The van der Waals surface area contributed by atoms with Crippen molar-refractivity contribution in [3.8, 4) is 11.5 Å². The van der Waals surface area contributed by atoms with Crippen LogP contribution in [0.4, 0.5) is 5.69 Å². The molecule has 0 spiro atoms. The van der Waals surface area contributed by atoms with Crippen molar-refractivity contribution >= 4 is 17.6 Å². The summed E-state index contributed by atoms with van der Waals surface area (Å²) in [7, 11) is 1.60. The number of esters is 1. The molecule has 6 nitrogen and oxygen atoms in total. The molecule has 0 saturated carbocycles. The molecule has 0 saturated heterocycles. The molecule has 6 heteroatoms. The molecule has 28 heavy (non-hydrogen) atoms. The van der Waals surface area contributed by atoms with Crippen molar-refractivity contribution in [3.63, 3.8) is 0 Å². The van der Waals surface area contributed by atoms with Crippen molar-refractivity contribution in [2.75, 3.05) is 25.6 Å². The molecule has 2 rings (SSSR count). The third kappa shape index (κ3) is 6.95. The van der Waals surface area contributed by atoms with Gasteiger partial charge in [-0.2, -0.15) is 0 Å². The van der Waals surface area contributed by atoms with Gasteiger partial charge in [0, 0.05) is 12.1 Å². The molecule has 150 valence electrons. The number of hydrogen-bond donors (Lipinski definition) is 1. The minimum atomic E-state index is -0.425. The van der Waals surface area contributed by atoms with Crippen LogP contribution in [-0.2, 0) is 14.3 Å². The van der Waals surface area contributed by atoms with Crippen LogP contribution in [0.1, 0.15) is 38.2 Å². The number of ether oxygens (including phenoxy) is 3. The first-order valence-electron chi connectivity index (χ1n) is 9.31. The smallest absolute Gasteiger partial charge is 0.306 e. The quantitative estimate of drug-likeness (QED) is 0.491. The lowest BCUT2D eigenvalue weighted by atomic mass is 10.0. The SMILES string of the molecule is COc1ccc(OCCCC(=O)OCC(=O)Nc2ccccc2C(C)C)cc1. The van der Waals surface area contributed by atoms with E-state index < -0.39 is 5.97 Å². The van der Waals surface area contributed by atoms with Gasteiger partial charge in [-0.1, -0.05) is 32.0 Å². The van der Waals surface area contributed by atoms with Gasteiger partial charge in [-0.15, -0.1) is 0 Å². The zero-order chi connectivity index (χ0) is 20.4. The Labute approximate surface area is 165 Å². The van der Waals surface area contributed by atoms with Crippen LogP contribution in [0.5, 0.6) is 11.5 Å². The Morgan fingerprint density at radius 1 is 1.00 bits per heavy atom. The Morgan fingerprint density at radius 3 is 2.36 bits per heavy atom. The minimum Gasteiger partial charge on any atom is -0.497 e. The predicted molar refractivity (Wildman–Crippen MR) is 108 cm³/mol. The molecule has 0 fully saturated rings. The van der Waals surface area contributed by atoms with E-state index in [1.165, 1.54) is 0 Å². The average Bonchev–Trinajstić information content (AvgIpc) is 2.70. The van der Waals surface area contributed by atoms with Gasteiger partial charge in [0.25, 0.3) is 5.91 Å². The van der Waals surface area contributed by atoms with Crippen LogP contribution in [0, 0.1) is 0 Å². The van der Waals surface area contributed by atoms with Gasteiger partial charge in [-0.3, -0.25) is 9.59 Å². The summed E-state index contributed by atoms with van der Waals surface area (Å²) < 4.78 is 15.7. The number of amides is 1. The Balaban J connectivity index is 1.66. The standard InChI is InChI=1S/C22H27NO5/c1-16(2)19-7-4-5-8-20(19)23-21(24)15-28-22(25)9-6-14-27-18-12-10-17(26-3)11-13-18/h4-5,7-8,10-13,16H,6,9,14-15H2,1-3H3,(H,23,24). The van der Waals surface area contributed by atoms with E-state index in [-0.39, 0.29) is 24.9 Å². The van der Waals surface area contributed by atoms with Crippen LogP contribution in [-0.4, -0.2) is 32.2 Å². The fraction of sp³-hybridized carbons (Fsp3) is 0.364. The Bertz CT molecular complexity index is 771. The van der Waals surface area contributed by atoms with Gasteiger partial charge < -0.3 is 19.5 Å². The van der Waals surface area contributed by atoms with Crippen molar-refractivity contribution in [2.24, 2.45) is 0 Å². The number of hydrogen-bond acceptors (Lipinski definition) is 5. The number of para-hydroxylation sites is 1. The first-order valence-corrected chi connectivity index (χ1v) is 9.31. The number of nitrogens with one attached hydrogen (secondary N) is 1. The summed E-state index contributed by atoms with van der Waals surface area (Å²) in [6.07, 6.45) is 0.689. The van der Waals surface area contributed by atoms with E-state index in [1.807, 2.05) is 24.3 Å². The summed E-state index contributed by atoms with van der Waals surface area (Å²) >= 11 is 0. The van der Waals surface area contributed by atoms with Crippen molar-refractivity contribution in [1.29, 1.82) is 0 Å². The van der Waals surface area contributed by atoms with Crippen LogP contribution in [0.3, 0.4) is 0 Å². The summed E-state index contributed by atoms with van der Waals surface area (Å²) in [5.74, 6) is 0.967. The van der Waals surface area contributed by atoms with Crippen molar-refractivity contribution in [1.82, 2.24) is 0 Å².